The third kappa shape index (κ3) is 3.56. The molecule has 2 aliphatic rings. The topological polar surface area (TPSA) is 69.6 Å². The van der Waals surface area contributed by atoms with Crippen molar-refractivity contribution in [2.24, 2.45) is 11.8 Å². The van der Waals surface area contributed by atoms with Gasteiger partial charge in [0.25, 0.3) is 0 Å². The first-order valence-corrected chi connectivity index (χ1v) is 9.35. The fourth-order valence-electron chi connectivity index (χ4n) is 4.22. The van der Waals surface area contributed by atoms with Gasteiger partial charge in [-0.05, 0) is 44.7 Å². The lowest BCUT2D eigenvalue weighted by atomic mass is 9.77. The van der Waals surface area contributed by atoms with Crippen LogP contribution in [0.15, 0.2) is 24.3 Å². The van der Waals surface area contributed by atoms with Crippen LogP contribution in [0.1, 0.15) is 45.1 Å². The molecule has 1 aliphatic carbocycles. The lowest BCUT2D eigenvalue weighted by molar-refractivity contribution is -0.135. The van der Waals surface area contributed by atoms with E-state index in [1.165, 1.54) is 5.56 Å². The smallest absolute Gasteiger partial charge is 0.231 e. The number of nitrogens with zero attached hydrogens (tertiary/aromatic N) is 1. The summed E-state index contributed by atoms with van der Waals surface area (Å²) in [6.07, 6.45) is 4.33. The lowest BCUT2D eigenvalue weighted by Gasteiger charge is -2.34. The Hall–Kier alpha value is -1.88. The van der Waals surface area contributed by atoms with E-state index in [0.29, 0.717) is 0 Å². The minimum atomic E-state index is -0.296. The molecule has 0 bridgehead atoms. The minimum absolute atomic E-state index is 0.0777. The summed E-state index contributed by atoms with van der Waals surface area (Å²) >= 11 is 0. The Balaban J connectivity index is 1.80. The summed E-state index contributed by atoms with van der Waals surface area (Å²) in [6.45, 7) is 3.76. The van der Waals surface area contributed by atoms with Crippen molar-refractivity contribution in [1.29, 1.82) is 0 Å². The number of aliphatic hydroxyl groups excluding tert-OH is 1. The first-order valence-electron chi connectivity index (χ1n) is 9.35. The van der Waals surface area contributed by atoms with E-state index in [2.05, 4.69) is 18.3 Å². The molecule has 4 unspecified atom stereocenters. The summed E-state index contributed by atoms with van der Waals surface area (Å²) < 4.78 is 0. The molecule has 5 heteroatoms. The summed E-state index contributed by atoms with van der Waals surface area (Å²) in [5, 5.41) is 12.0. The number of hydrogen-bond acceptors (Lipinski definition) is 3. The quantitative estimate of drug-likeness (QED) is 0.880. The summed E-state index contributed by atoms with van der Waals surface area (Å²) in [6, 6.07) is 7.90. The van der Waals surface area contributed by atoms with Crippen LogP contribution in [0, 0.1) is 11.8 Å². The molecule has 1 fully saturated rings. The average molecular weight is 344 g/mol. The van der Waals surface area contributed by atoms with Gasteiger partial charge in [0.2, 0.25) is 11.8 Å². The fraction of sp³-hybridized carbons (Fsp3) is 0.600. The van der Waals surface area contributed by atoms with Gasteiger partial charge in [-0.3, -0.25) is 9.59 Å². The Kier molecular flexibility index (Phi) is 5.42. The largest absolute Gasteiger partial charge is 0.394 e. The van der Waals surface area contributed by atoms with Crippen molar-refractivity contribution in [2.45, 2.75) is 58.0 Å². The van der Waals surface area contributed by atoms with Crippen molar-refractivity contribution >= 4 is 17.5 Å². The van der Waals surface area contributed by atoms with E-state index in [0.717, 1.165) is 37.8 Å². The molecule has 25 heavy (non-hydrogen) atoms. The van der Waals surface area contributed by atoms with Gasteiger partial charge in [-0.15, -0.1) is 0 Å². The van der Waals surface area contributed by atoms with Gasteiger partial charge in [0.15, 0.2) is 0 Å². The molecule has 1 aliphatic heterocycles. The second-order valence-electron chi connectivity index (χ2n) is 7.48. The molecule has 3 rings (SSSR count). The highest BCUT2D eigenvalue weighted by Gasteiger charge is 2.41. The molecule has 0 aromatic heterocycles. The van der Waals surface area contributed by atoms with Crippen molar-refractivity contribution in [3.05, 3.63) is 29.8 Å². The van der Waals surface area contributed by atoms with Crippen LogP contribution in [-0.2, 0) is 16.0 Å². The number of nitrogens with one attached hydrogen (secondary N) is 1. The Morgan fingerprint density at radius 2 is 1.92 bits per heavy atom. The monoisotopic (exact) mass is 344 g/mol. The van der Waals surface area contributed by atoms with Crippen molar-refractivity contribution in [1.82, 2.24) is 5.32 Å². The SMILES string of the molecule is CC(CO)NC(=O)C1CCCCC1C(=O)N1c2ccccc2CC1C. The van der Waals surface area contributed by atoms with E-state index in [-0.39, 0.29) is 42.3 Å². The van der Waals surface area contributed by atoms with Crippen molar-refractivity contribution in [3.63, 3.8) is 0 Å². The molecular formula is C20H28N2O3. The number of anilines is 1. The van der Waals surface area contributed by atoms with Crippen LogP contribution in [0.25, 0.3) is 0 Å². The molecule has 2 amide bonds. The number of rotatable bonds is 4. The number of carbonyl (C=O) groups is 2. The molecule has 0 saturated heterocycles. The predicted molar refractivity (Wildman–Crippen MR) is 97.2 cm³/mol. The first kappa shape index (κ1) is 17.9. The Labute approximate surface area is 149 Å². The van der Waals surface area contributed by atoms with Gasteiger partial charge in [-0.2, -0.15) is 0 Å². The van der Waals surface area contributed by atoms with Crippen LogP contribution in [0.4, 0.5) is 5.69 Å². The highest BCUT2D eigenvalue weighted by Crippen LogP contribution is 2.38. The standard InChI is InChI=1S/C20H28N2O3/c1-13(12-23)21-19(24)16-8-4-5-9-17(16)20(25)22-14(2)11-15-7-3-6-10-18(15)22/h3,6-7,10,13-14,16-17,23H,4-5,8-9,11-12H2,1-2H3,(H,21,24). The molecule has 4 atom stereocenters. The number of amides is 2. The van der Waals surface area contributed by atoms with Gasteiger partial charge < -0.3 is 15.3 Å². The maximum absolute atomic E-state index is 13.3. The number of aliphatic hydroxyl groups is 1. The van der Waals surface area contributed by atoms with E-state index < -0.39 is 0 Å². The summed E-state index contributed by atoms with van der Waals surface area (Å²) in [5.41, 5.74) is 2.20. The van der Waals surface area contributed by atoms with Crippen LogP contribution < -0.4 is 10.2 Å². The predicted octanol–water partition coefficient (Wildman–Crippen LogP) is 2.27. The van der Waals surface area contributed by atoms with E-state index in [1.807, 2.05) is 23.1 Å². The average Bonchev–Trinajstić information content (AvgIpc) is 2.96. The van der Waals surface area contributed by atoms with Crippen LogP contribution in [0.5, 0.6) is 0 Å². The molecule has 136 valence electrons. The lowest BCUT2D eigenvalue weighted by Crippen LogP contribution is -2.49. The van der Waals surface area contributed by atoms with Gasteiger partial charge >= 0.3 is 0 Å². The zero-order valence-corrected chi connectivity index (χ0v) is 15.1. The molecule has 1 saturated carbocycles. The normalized spacial score (nSPS) is 26.8. The van der Waals surface area contributed by atoms with Crippen LogP contribution in [0.3, 0.4) is 0 Å². The molecule has 1 aromatic carbocycles. The van der Waals surface area contributed by atoms with E-state index in [9.17, 15) is 14.7 Å². The van der Waals surface area contributed by atoms with Gasteiger partial charge in [0.1, 0.15) is 0 Å². The number of benzene rings is 1. The van der Waals surface area contributed by atoms with E-state index >= 15 is 0 Å². The summed E-state index contributed by atoms with van der Waals surface area (Å²) in [7, 11) is 0. The minimum Gasteiger partial charge on any atom is -0.394 e. The van der Waals surface area contributed by atoms with Crippen LogP contribution in [0.2, 0.25) is 0 Å². The van der Waals surface area contributed by atoms with E-state index in [4.69, 9.17) is 0 Å². The van der Waals surface area contributed by atoms with Crippen LogP contribution in [-0.4, -0.2) is 35.6 Å². The van der Waals surface area contributed by atoms with E-state index in [1.54, 1.807) is 6.92 Å². The number of hydrogen-bond donors (Lipinski definition) is 2. The van der Waals surface area contributed by atoms with Gasteiger partial charge in [0.05, 0.1) is 12.5 Å². The summed E-state index contributed by atoms with van der Waals surface area (Å²) in [5.74, 6) is -0.586. The molecule has 2 N–H and O–H groups in total. The maximum Gasteiger partial charge on any atom is 0.231 e. The third-order valence-electron chi connectivity index (χ3n) is 5.53. The molecule has 0 spiro atoms. The van der Waals surface area contributed by atoms with Crippen molar-refractivity contribution in [3.8, 4) is 0 Å². The molecule has 1 aromatic rings. The third-order valence-corrected chi connectivity index (χ3v) is 5.53. The molecule has 0 radical (unpaired) electrons. The highest BCUT2D eigenvalue weighted by atomic mass is 16.3. The number of fused-ring (bicyclic) bond motifs is 1. The summed E-state index contributed by atoms with van der Waals surface area (Å²) in [4.78, 5) is 27.9. The Morgan fingerprint density at radius 3 is 2.64 bits per heavy atom. The highest BCUT2D eigenvalue weighted by molar-refractivity contribution is 6.00. The van der Waals surface area contributed by atoms with Crippen molar-refractivity contribution < 1.29 is 14.7 Å². The molecule has 1 heterocycles. The zero-order valence-electron chi connectivity index (χ0n) is 15.1. The first-order chi connectivity index (χ1) is 12.0. The zero-order chi connectivity index (χ0) is 18.0. The molecule has 5 nitrogen and oxygen atoms in total. The Bertz CT molecular complexity index is 646. The second-order valence-corrected chi connectivity index (χ2v) is 7.48. The second kappa shape index (κ2) is 7.56. The number of carbonyl (C=O) groups excluding carboxylic acids is 2. The van der Waals surface area contributed by atoms with Gasteiger partial charge in [-0.1, -0.05) is 31.0 Å². The molecular weight excluding hydrogens is 316 g/mol. The Morgan fingerprint density at radius 1 is 1.24 bits per heavy atom. The van der Waals surface area contributed by atoms with Gasteiger partial charge in [0, 0.05) is 23.7 Å². The fourth-order valence-corrected chi connectivity index (χ4v) is 4.22. The van der Waals surface area contributed by atoms with Crippen molar-refractivity contribution in [2.75, 3.05) is 11.5 Å². The number of para-hydroxylation sites is 1. The van der Waals surface area contributed by atoms with Crippen LogP contribution >= 0.6 is 0 Å². The van der Waals surface area contributed by atoms with Gasteiger partial charge in [-0.25, -0.2) is 0 Å². The maximum atomic E-state index is 13.3.